The van der Waals surface area contributed by atoms with E-state index in [-0.39, 0.29) is 23.0 Å². The summed E-state index contributed by atoms with van der Waals surface area (Å²) in [4.78, 5) is 27.7. The third-order valence-corrected chi connectivity index (χ3v) is 8.10. The molecular weight excluding hydrogens is 561 g/mol. The molecule has 196 valence electrons. The molecule has 0 aliphatic carbocycles. The van der Waals surface area contributed by atoms with Gasteiger partial charge in [0.15, 0.2) is 0 Å². The molecule has 10 heteroatoms. The molecule has 0 bridgehead atoms. The van der Waals surface area contributed by atoms with E-state index in [4.69, 9.17) is 0 Å². The van der Waals surface area contributed by atoms with Gasteiger partial charge in [0.05, 0.1) is 10.6 Å². The molecule has 2 amide bonds. The first-order valence-corrected chi connectivity index (χ1v) is 13.9. The molecule has 0 radical (unpaired) electrons. The Morgan fingerprint density at radius 3 is 2.14 bits per heavy atom. The normalized spacial score (nSPS) is 12.0. The molecule has 1 atom stereocenters. The minimum atomic E-state index is -4.19. The highest BCUT2D eigenvalue weighted by molar-refractivity contribution is 9.10. The van der Waals surface area contributed by atoms with Crippen molar-refractivity contribution in [3.8, 4) is 0 Å². The first kappa shape index (κ1) is 28.3. The number of nitrogens with one attached hydrogen (secondary N) is 1. The fraction of sp³-hybridized carbons (Fsp3) is 0.259. The summed E-state index contributed by atoms with van der Waals surface area (Å²) in [7, 11) is -4.19. The van der Waals surface area contributed by atoms with Gasteiger partial charge in [0.25, 0.3) is 10.0 Å². The number of halogens is 2. The lowest BCUT2D eigenvalue weighted by Crippen LogP contribution is -2.51. The lowest BCUT2D eigenvalue weighted by Gasteiger charge is -2.32. The van der Waals surface area contributed by atoms with Crippen LogP contribution in [-0.2, 0) is 26.2 Å². The zero-order chi connectivity index (χ0) is 27.2. The number of sulfonamides is 1. The zero-order valence-corrected chi connectivity index (χ0v) is 23.2. The number of anilines is 1. The zero-order valence-electron chi connectivity index (χ0n) is 20.8. The van der Waals surface area contributed by atoms with Crippen molar-refractivity contribution in [2.24, 2.45) is 0 Å². The van der Waals surface area contributed by atoms with Crippen molar-refractivity contribution in [1.82, 2.24) is 10.2 Å². The van der Waals surface area contributed by atoms with Crippen LogP contribution in [0.5, 0.6) is 0 Å². The van der Waals surface area contributed by atoms with Gasteiger partial charge < -0.3 is 10.2 Å². The number of likely N-dealkylation sites (N-methyl/N-ethyl adjacent to an activating group) is 1. The molecule has 0 saturated carbocycles. The summed E-state index contributed by atoms with van der Waals surface area (Å²) < 4.78 is 42.8. The second-order valence-electron chi connectivity index (χ2n) is 8.52. The Kier molecular flexibility index (Phi) is 9.45. The van der Waals surface area contributed by atoms with Crippen LogP contribution < -0.4 is 9.62 Å². The maximum Gasteiger partial charge on any atom is 0.264 e. The van der Waals surface area contributed by atoms with Crippen LogP contribution in [0, 0.1) is 12.7 Å². The third-order valence-electron chi connectivity index (χ3n) is 5.79. The van der Waals surface area contributed by atoms with Gasteiger partial charge in [-0.3, -0.25) is 13.9 Å². The monoisotopic (exact) mass is 589 g/mol. The van der Waals surface area contributed by atoms with E-state index in [0.717, 1.165) is 32.0 Å². The Hall–Kier alpha value is -3.24. The molecule has 3 rings (SSSR count). The van der Waals surface area contributed by atoms with Crippen molar-refractivity contribution >= 4 is 43.5 Å². The van der Waals surface area contributed by atoms with E-state index < -0.39 is 34.3 Å². The van der Waals surface area contributed by atoms with Gasteiger partial charge in [0.1, 0.15) is 18.4 Å². The summed E-state index contributed by atoms with van der Waals surface area (Å²) in [5.41, 5.74) is 1.77. The molecule has 0 saturated heterocycles. The van der Waals surface area contributed by atoms with E-state index in [9.17, 15) is 22.4 Å². The Balaban J connectivity index is 2.01. The van der Waals surface area contributed by atoms with Crippen LogP contribution in [-0.4, -0.2) is 44.3 Å². The first-order valence-electron chi connectivity index (χ1n) is 11.7. The second kappa shape index (κ2) is 12.3. The smallest absolute Gasteiger partial charge is 0.264 e. The summed E-state index contributed by atoms with van der Waals surface area (Å²) in [5, 5.41) is 2.71. The van der Waals surface area contributed by atoms with E-state index in [1.54, 1.807) is 26.0 Å². The van der Waals surface area contributed by atoms with Gasteiger partial charge in [-0.15, -0.1) is 0 Å². The molecule has 0 fully saturated rings. The minimum Gasteiger partial charge on any atom is -0.355 e. The van der Waals surface area contributed by atoms with Gasteiger partial charge >= 0.3 is 0 Å². The van der Waals surface area contributed by atoms with Crippen molar-refractivity contribution in [2.45, 2.75) is 38.3 Å². The maximum absolute atomic E-state index is 13.7. The van der Waals surface area contributed by atoms with Gasteiger partial charge in [-0.25, -0.2) is 12.8 Å². The van der Waals surface area contributed by atoms with Crippen molar-refractivity contribution in [1.29, 1.82) is 0 Å². The van der Waals surface area contributed by atoms with Crippen LogP contribution in [0.2, 0.25) is 0 Å². The molecule has 0 aliphatic heterocycles. The minimum absolute atomic E-state index is 0.00791. The number of rotatable bonds is 10. The van der Waals surface area contributed by atoms with Crippen LogP contribution in [0.25, 0.3) is 0 Å². The van der Waals surface area contributed by atoms with Crippen molar-refractivity contribution in [2.75, 3.05) is 17.4 Å². The SMILES string of the molecule is CCNC(=O)[C@H](C)N(Cc1ccc(Br)cc1)C(=O)CN(c1ccc(F)cc1)S(=O)(=O)c1ccc(C)cc1. The average molecular weight is 591 g/mol. The van der Waals surface area contributed by atoms with E-state index in [1.807, 2.05) is 31.2 Å². The highest BCUT2D eigenvalue weighted by Crippen LogP contribution is 2.25. The van der Waals surface area contributed by atoms with Gasteiger partial charge in [-0.05, 0) is 74.9 Å². The summed E-state index contributed by atoms with van der Waals surface area (Å²) in [5.74, 6) is -1.48. The summed E-state index contributed by atoms with van der Waals surface area (Å²) in [6.07, 6.45) is 0. The van der Waals surface area contributed by atoms with Gasteiger partial charge in [0, 0.05) is 17.6 Å². The number of nitrogens with zero attached hydrogens (tertiary/aromatic N) is 2. The van der Waals surface area contributed by atoms with Gasteiger partial charge in [-0.1, -0.05) is 45.8 Å². The number of hydrogen-bond acceptors (Lipinski definition) is 4. The van der Waals surface area contributed by atoms with Crippen LogP contribution >= 0.6 is 15.9 Å². The average Bonchev–Trinajstić information content (AvgIpc) is 2.87. The molecule has 3 aromatic rings. The van der Waals surface area contributed by atoms with Crippen molar-refractivity contribution < 1.29 is 22.4 Å². The molecule has 7 nitrogen and oxygen atoms in total. The van der Waals surface area contributed by atoms with Crippen molar-refractivity contribution in [3.63, 3.8) is 0 Å². The lowest BCUT2D eigenvalue weighted by atomic mass is 10.1. The van der Waals surface area contributed by atoms with E-state index in [2.05, 4.69) is 21.2 Å². The fourth-order valence-electron chi connectivity index (χ4n) is 3.66. The standard InChI is InChI=1S/C27H29BrFN3O4S/c1-4-30-27(34)20(3)31(17-21-7-9-22(28)10-8-21)26(33)18-32(24-13-11-23(29)12-14-24)37(35,36)25-15-5-19(2)6-16-25/h5-16,20H,4,17-18H2,1-3H3,(H,30,34)/t20-/m0/s1. The highest BCUT2D eigenvalue weighted by Gasteiger charge is 2.32. The van der Waals surface area contributed by atoms with E-state index in [0.29, 0.717) is 6.54 Å². The summed E-state index contributed by atoms with van der Waals surface area (Å²) in [6, 6.07) is 17.5. The van der Waals surface area contributed by atoms with Gasteiger partial charge in [-0.2, -0.15) is 0 Å². The predicted molar refractivity (Wildman–Crippen MR) is 145 cm³/mol. The Labute approximate surface area is 225 Å². The molecule has 1 N–H and O–H groups in total. The molecule has 37 heavy (non-hydrogen) atoms. The number of carbonyl (C=O) groups excluding carboxylic acids is 2. The summed E-state index contributed by atoms with van der Waals surface area (Å²) in [6.45, 7) is 5.09. The topological polar surface area (TPSA) is 86.8 Å². The molecule has 3 aromatic carbocycles. The van der Waals surface area contributed by atoms with Crippen LogP contribution in [0.3, 0.4) is 0 Å². The quantitative estimate of drug-likeness (QED) is 0.373. The number of hydrogen-bond donors (Lipinski definition) is 1. The largest absolute Gasteiger partial charge is 0.355 e. The van der Waals surface area contributed by atoms with E-state index in [1.165, 1.54) is 29.2 Å². The predicted octanol–water partition coefficient (Wildman–Crippen LogP) is 4.65. The molecule has 0 heterocycles. The first-order chi connectivity index (χ1) is 17.5. The third kappa shape index (κ3) is 7.17. The lowest BCUT2D eigenvalue weighted by molar-refractivity contribution is -0.139. The Morgan fingerprint density at radius 2 is 1.57 bits per heavy atom. The summed E-state index contributed by atoms with van der Waals surface area (Å²) >= 11 is 3.38. The Bertz CT molecular complexity index is 1330. The van der Waals surface area contributed by atoms with Gasteiger partial charge in [0.2, 0.25) is 11.8 Å². The second-order valence-corrected chi connectivity index (χ2v) is 11.3. The molecule has 0 unspecified atom stereocenters. The molecule has 0 spiro atoms. The number of amides is 2. The number of carbonyl (C=O) groups is 2. The maximum atomic E-state index is 13.7. The van der Waals surface area contributed by atoms with Crippen LogP contribution in [0.15, 0.2) is 82.2 Å². The highest BCUT2D eigenvalue weighted by atomic mass is 79.9. The van der Waals surface area contributed by atoms with Crippen molar-refractivity contribution in [3.05, 3.63) is 94.2 Å². The fourth-order valence-corrected chi connectivity index (χ4v) is 5.34. The number of benzene rings is 3. The van der Waals surface area contributed by atoms with Crippen LogP contribution in [0.1, 0.15) is 25.0 Å². The molecule has 0 aliphatic rings. The van der Waals surface area contributed by atoms with Crippen LogP contribution in [0.4, 0.5) is 10.1 Å². The van der Waals surface area contributed by atoms with E-state index >= 15 is 0 Å². The molecular formula is C27H29BrFN3O4S. The Morgan fingerprint density at radius 1 is 0.973 bits per heavy atom. The number of aryl methyl sites for hydroxylation is 1. The molecule has 0 aromatic heterocycles.